The number of ether oxygens (including phenoxy) is 2. The quantitative estimate of drug-likeness (QED) is 0.619. The van der Waals surface area contributed by atoms with Crippen molar-refractivity contribution in [2.24, 2.45) is 5.92 Å². The molecule has 0 saturated heterocycles. The van der Waals surface area contributed by atoms with Crippen molar-refractivity contribution in [2.45, 2.75) is 31.7 Å². The molecule has 98 valence electrons. The van der Waals surface area contributed by atoms with Gasteiger partial charge in [-0.3, -0.25) is 0 Å². The maximum Gasteiger partial charge on any atom is 0.189 e. The number of hydrogen-bond acceptors (Lipinski definition) is 3. The topological polar surface area (TPSA) is 30.5 Å². The molecular weight excluding hydrogens is 226 g/mol. The Balaban J connectivity index is 1.59. The highest BCUT2D eigenvalue weighted by Gasteiger charge is 2.24. The lowest BCUT2D eigenvalue weighted by Gasteiger charge is -2.13. The molecule has 0 amide bonds. The summed E-state index contributed by atoms with van der Waals surface area (Å²) >= 11 is 0. The molecule has 0 spiro atoms. The summed E-state index contributed by atoms with van der Waals surface area (Å²) in [6, 6.07) is 6.81. The summed E-state index contributed by atoms with van der Waals surface area (Å²) in [5, 5.41) is 3.35. The second kappa shape index (κ2) is 5.29. The van der Waals surface area contributed by atoms with Crippen molar-refractivity contribution in [1.82, 2.24) is 5.32 Å². The first-order chi connectivity index (χ1) is 8.88. The van der Waals surface area contributed by atoms with E-state index in [4.69, 9.17) is 9.47 Å². The molecule has 1 saturated carbocycles. The van der Waals surface area contributed by atoms with Crippen LogP contribution in [0.4, 0.5) is 0 Å². The van der Waals surface area contributed by atoms with Crippen LogP contribution in [0, 0.1) is 5.92 Å². The van der Waals surface area contributed by atoms with E-state index in [2.05, 4.69) is 23.5 Å². The van der Waals surface area contributed by atoms with Gasteiger partial charge in [-0.15, -0.1) is 0 Å². The number of fused-ring (bicyclic) bond motifs is 1. The summed E-state index contributed by atoms with van der Waals surface area (Å²) in [5.74, 6) is 1.80. The van der Waals surface area contributed by atoms with E-state index >= 15 is 0 Å². The molecule has 3 rings (SSSR count). The molecule has 2 aliphatic rings. The molecule has 1 unspecified atom stereocenters. The Bertz CT molecular complexity index is 415. The second-order valence-electron chi connectivity index (χ2n) is 5.28. The van der Waals surface area contributed by atoms with Gasteiger partial charge in [0.25, 0.3) is 0 Å². The SMILES string of the molecule is CNC1CCc2c(OCOCC3CC3)cccc21. The number of nitrogens with one attached hydrogen (secondary N) is 1. The standard InChI is InChI=1S/C15H21NO2/c1-16-14-8-7-13-12(14)3-2-4-15(13)18-10-17-9-11-5-6-11/h2-4,11,14,16H,5-10H2,1H3. The minimum absolute atomic E-state index is 0.386. The highest BCUT2D eigenvalue weighted by molar-refractivity contribution is 5.45. The van der Waals surface area contributed by atoms with Crippen LogP contribution in [0.5, 0.6) is 5.75 Å². The van der Waals surface area contributed by atoms with Crippen molar-refractivity contribution in [3.05, 3.63) is 29.3 Å². The molecule has 0 bridgehead atoms. The molecule has 3 nitrogen and oxygen atoms in total. The zero-order valence-corrected chi connectivity index (χ0v) is 10.9. The van der Waals surface area contributed by atoms with Crippen molar-refractivity contribution >= 4 is 0 Å². The van der Waals surface area contributed by atoms with Gasteiger partial charge in [-0.25, -0.2) is 0 Å². The van der Waals surface area contributed by atoms with E-state index in [0.717, 1.165) is 31.1 Å². The Labute approximate surface area is 108 Å². The van der Waals surface area contributed by atoms with E-state index in [1.54, 1.807) is 0 Å². The van der Waals surface area contributed by atoms with Crippen LogP contribution in [0.25, 0.3) is 0 Å². The van der Waals surface area contributed by atoms with Crippen molar-refractivity contribution in [3.63, 3.8) is 0 Å². The Morgan fingerprint density at radius 3 is 2.94 bits per heavy atom. The molecule has 1 fully saturated rings. The van der Waals surface area contributed by atoms with E-state index in [9.17, 15) is 0 Å². The first-order valence-electron chi connectivity index (χ1n) is 6.88. The van der Waals surface area contributed by atoms with Gasteiger partial charge < -0.3 is 14.8 Å². The molecule has 1 aromatic rings. The molecule has 1 aromatic carbocycles. The van der Waals surface area contributed by atoms with E-state index in [1.807, 2.05) is 7.05 Å². The molecule has 18 heavy (non-hydrogen) atoms. The van der Waals surface area contributed by atoms with Crippen molar-refractivity contribution in [1.29, 1.82) is 0 Å². The van der Waals surface area contributed by atoms with Crippen LogP contribution in [-0.4, -0.2) is 20.4 Å². The van der Waals surface area contributed by atoms with E-state index < -0.39 is 0 Å². The molecule has 0 radical (unpaired) electrons. The van der Waals surface area contributed by atoms with Gasteiger partial charge in [0.2, 0.25) is 0 Å². The lowest BCUT2D eigenvalue weighted by atomic mass is 10.1. The summed E-state index contributed by atoms with van der Waals surface area (Å²) in [6.45, 7) is 1.24. The number of hydrogen-bond donors (Lipinski definition) is 1. The Morgan fingerprint density at radius 1 is 1.28 bits per heavy atom. The smallest absolute Gasteiger partial charge is 0.189 e. The van der Waals surface area contributed by atoms with Gasteiger partial charge in [0.15, 0.2) is 6.79 Å². The van der Waals surface area contributed by atoms with E-state index in [-0.39, 0.29) is 0 Å². The van der Waals surface area contributed by atoms with Gasteiger partial charge in [-0.2, -0.15) is 0 Å². The zero-order chi connectivity index (χ0) is 12.4. The fourth-order valence-corrected chi connectivity index (χ4v) is 2.66. The third-order valence-corrected chi connectivity index (χ3v) is 3.92. The van der Waals surface area contributed by atoms with Gasteiger partial charge in [-0.05, 0) is 55.8 Å². The third-order valence-electron chi connectivity index (χ3n) is 3.92. The van der Waals surface area contributed by atoms with Gasteiger partial charge >= 0.3 is 0 Å². The van der Waals surface area contributed by atoms with Crippen LogP contribution in [0.2, 0.25) is 0 Å². The molecule has 0 aliphatic heterocycles. The maximum atomic E-state index is 5.77. The fraction of sp³-hybridized carbons (Fsp3) is 0.600. The highest BCUT2D eigenvalue weighted by atomic mass is 16.7. The molecule has 0 aromatic heterocycles. The van der Waals surface area contributed by atoms with Crippen molar-refractivity contribution in [3.8, 4) is 5.75 Å². The molecule has 2 aliphatic carbocycles. The maximum absolute atomic E-state index is 5.77. The summed E-state index contributed by atoms with van der Waals surface area (Å²) in [4.78, 5) is 0. The van der Waals surface area contributed by atoms with Crippen LogP contribution in [0.3, 0.4) is 0 Å². The highest BCUT2D eigenvalue weighted by Crippen LogP contribution is 2.36. The van der Waals surface area contributed by atoms with Crippen LogP contribution in [-0.2, 0) is 11.2 Å². The number of rotatable bonds is 6. The minimum atomic E-state index is 0.386. The third kappa shape index (κ3) is 2.52. The normalized spacial score (nSPS) is 21.9. The first-order valence-corrected chi connectivity index (χ1v) is 6.88. The molecule has 0 heterocycles. The average molecular weight is 247 g/mol. The lowest BCUT2D eigenvalue weighted by molar-refractivity contribution is 0.00951. The summed E-state index contributed by atoms with van der Waals surface area (Å²) in [7, 11) is 2.02. The van der Waals surface area contributed by atoms with E-state index in [1.165, 1.54) is 24.0 Å². The van der Waals surface area contributed by atoms with Crippen LogP contribution in [0.15, 0.2) is 18.2 Å². The van der Waals surface area contributed by atoms with Crippen molar-refractivity contribution in [2.75, 3.05) is 20.4 Å². The number of benzene rings is 1. The van der Waals surface area contributed by atoms with Gasteiger partial charge in [-0.1, -0.05) is 12.1 Å². The Hall–Kier alpha value is -1.06. The van der Waals surface area contributed by atoms with Crippen LogP contribution >= 0.6 is 0 Å². The Kier molecular flexibility index (Phi) is 3.52. The minimum Gasteiger partial charge on any atom is -0.467 e. The predicted octanol–water partition coefficient (Wildman–Crippen LogP) is 2.66. The molecule has 3 heteroatoms. The monoisotopic (exact) mass is 247 g/mol. The Morgan fingerprint density at radius 2 is 2.17 bits per heavy atom. The van der Waals surface area contributed by atoms with Gasteiger partial charge in [0, 0.05) is 6.04 Å². The second-order valence-corrected chi connectivity index (χ2v) is 5.28. The van der Waals surface area contributed by atoms with Crippen LogP contribution < -0.4 is 10.1 Å². The first kappa shape index (κ1) is 12.0. The predicted molar refractivity (Wildman–Crippen MR) is 70.7 cm³/mol. The summed E-state index contributed by atoms with van der Waals surface area (Å²) in [6.07, 6.45) is 4.91. The average Bonchev–Trinajstić information content (AvgIpc) is 3.12. The van der Waals surface area contributed by atoms with E-state index in [0.29, 0.717) is 12.8 Å². The molecule has 1 atom stereocenters. The largest absolute Gasteiger partial charge is 0.467 e. The van der Waals surface area contributed by atoms with Gasteiger partial charge in [0.05, 0.1) is 6.61 Å². The fourth-order valence-electron chi connectivity index (χ4n) is 2.66. The van der Waals surface area contributed by atoms with Crippen molar-refractivity contribution < 1.29 is 9.47 Å². The summed E-state index contributed by atoms with van der Waals surface area (Å²) < 4.78 is 11.3. The van der Waals surface area contributed by atoms with Gasteiger partial charge in [0.1, 0.15) is 5.75 Å². The zero-order valence-electron chi connectivity index (χ0n) is 10.9. The van der Waals surface area contributed by atoms with Crippen LogP contribution in [0.1, 0.15) is 36.4 Å². The summed E-state index contributed by atoms with van der Waals surface area (Å²) in [5.41, 5.74) is 2.74. The lowest BCUT2D eigenvalue weighted by Crippen LogP contribution is -2.12. The molecular formula is C15H21NO2. The molecule has 1 N–H and O–H groups in total.